The molecule has 2 rings (SSSR count). The van der Waals surface area contributed by atoms with E-state index in [0.717, 1.165) is 23.1 Å². The van der Waals surface area contributed by atoms with Crippen LogP contribution in [0.5, 0.6) is 5.75 Å². The first-order chi connectivity index (χ1) is 10.1. The maximum atomic E-state index is 12.6. The van der Waals surface area contributed by atoms with Crippen LogP contribution in [0, 0.1) is 0 Å². The molecular formula is C17H22BrNO2. The molecule has 0 aromatic heterocycles. The highest BCUT2D eigenvalue weighted by atomic mass is 79.9. The molecule has 0 unspecified atom stereocenters. The van der Waals surface area contributed by atoms with E-state index >= 15 is 0 Å². The molecular weight excluding hydrogens is 330 g/mol. The Labute approximate surface area is 135 Å². The summed E-state index contributed by atoms with van der Waals surface area (Å²) >= 11 is 3.46. The van der Waals surface area contributed by atoms with Gasteiger partial charge in [0.05, 0.1) is 4.47 Å². The van der Waals surface area contributed by atoms with Gasteiger partial charge in [0.25, 0.3) is 5.91 Å². The van der Waals surface area contributed by atoms with E-state index in [1.165, 1.54) is 19.3 Å². The second kappa shape index (κ2) is 7.64. The van der Waals surface area contributed by atoms with Crippen LogP contribution in [-0.2, 0) is 0 Å². The summed E-state index contributed by atoms with van der Waals surface area (Å²) < 4.78 is 6.31. The van der Waals surface area contributed by atoms with Crippen molar-refractivity contribution in [3.63, 3.8) is 0 Å². The zero-order valence-corrected chi connectivity index (χ0v) is 14.1. The van der Waals surface area contributed by atoms with Crippen molar-refractivity contribution in [3.05, 3.63) is 40.9 Å². The SMILES string of the molecule is C=CCOc1ccc(C(=O)N(C)C2CCCCC2)cc1Br. The Morgan fingerprint density at radius 3 is 2.76 bits per heavy atom. The van der Waals surface area contributed by atoms with Crippen molar-refractivity contribution in [3.8, 4) is 5.75 Å². The second-order valence-electron chi connectivity index (χ2n) is 5.45. The van der Waals surface area contributed by atoms with Crippen LogP contribution in [0.1, 0.15) is 42.5 Å². The molecule has 1 aromatic rings. The summed E-state index contributed by atoms with van der Waals surface area (Å²) in [6.45, 7) is 4.08. The number of benzene rings is 1. The van der Waals surface area contributed by atoms with E-state index in [0.29, 0.717) is 18.2 Å². The summed E-state index contributed by atoms with van der Waals surface area (Å²) in [6.07, 6.45) is 7.66. The van der Waals surface area contributed by atoms with Crippen molar-refractivity contribution in [1.82, 2.24) is 4.90 Å². The molecule has 0 atom stereocenters. The average Bonchev–Trinajstić information content (AvgIpc) is 2.53. The number of hydrogen-bond donors (Lipinski definition) is 0. The smallest absolute Gasteiger partial charge is 0.253 e. The Hall–Kier alpha value is -1.29. The summed E-state index contributed by atoms with van der Waals surface area (Å²) in [5.41, 5.74) is 0.695. The summed E-state index contributed by atoms with van der Waals surface area (Å²) in [5.74, 6) is 0.810. The standard InChI is InChI=1S/C17H22BrNO2/c1-3-11-21-16-10-9-13(12-15(16)18)17(20)19(2)14-7-5-4-6-8-14/h3,9-10,12,14H,1,4-8,11H2,2H3. The van der Waals surface area contributed by atoms with Crippen molar-refractivity contribution >= 4 is 21.8 Å². The number of ether oxygens (including phenoxy) is 1. The van der Waals surface area contributed by atoms with Crippen LogP contribution in [0.4, 0.5) is 0 Å². The zero-order chi connectivity index (χ0) is 15.2. The lowest BCUT2D eigenvalue weighted by molar-refractivity contribution is 0.0696. The van der Waals surface area contributed by atoms with Gasteiger partial charge in [0, 0.05) is 18.7 Å². The topological polar surface area (TPSA) is 29.5 Å². The first-order valence-corrected chi connectivity index (χ1v) is 8.23. The van der Waals surface area contributed by atoms with E-state index in [1.807, 2.05) is 30.1 Å². The van der Waals surface area contributed by atoms with E-state index in [2.05, 4.69) is 22.5 Å². The average molecular weight is 352 g/mol. The number of rotatable bonds is 5. The number of carbonyl (C=O) groups is 1. The Balaban J connectivity index is 2.07. The fourth-order valence-corrected chi connectivity index (χ4v) is 3.23. The summed E-state index contributed by atoms with van der Waals surface area (Å²) in [5, 5.41) is 0. The monoisotopic (exact) mass is 351 g/mol. The quantitative estimate of drug-likeness (QED) is 0.735. The van der Waals surface area contributed by atoms with Gasteiger partial charge in [0.2, 0.25) is 0 Å². The summed E-state index contributed by atoms with van der Waals surface area (Å²) in [7, 11) is 1.91. The third-order valence-corrected chi connectivity index (χ3v) is 4.60. The van der Waals surface area contributed by atoms with Crippen LogP contribution in [-0.4, -0.2) is 30.5 Å². The lowest BCUT2D eigenvalue weighted by Gasteiger charge is -2.31. The molecule has 1 amide bonds. The van der Waals surface area contributed by atoms with Gasteiger partial charge in [-0.3, -0.25) is 4.79 Å². The van der Waals surface area contributed by atoms with Gasteiger partial charge in [-0.25, -0.2) is 0 Å². The van der Waals surface area contributed by atoms with Gasteiger partial charge >= 0.3 is 0 Å². The van der Waals surface area contributed by atoms with E-state index in [1.54, 1.807) is 6.08 Å². The van der Waals surface area contributed by atoms with Gasteiger partial charge in [-0.15, -0.1) is 0 Å². The lowest BCUT2D eigenvalue weighted by Crippen LogP contribution is -2.38. The van der Waals surface area contributed by atoms with Gasteiger partial charge in [-0.05, 0) is 47.0 Å². The molecule has 0 radical (unpaired) electrons. The molecule has 1 aromatic carbocycles. The molecule has 0 saturated heterocycles. The molecule has 3 nitrogen and oxygen atoms in total. The van der Waals surface area contributed by atoms with E-state index in [9.17, 15) is 4.79 Å². The van der Waals surface area contributed by atoms with Crippen molar-refractivity contribution < 1.29 is 9.53 Å². The number of carbonyl (C=O) groups excluding carboxylic acids is 1. The van der Waals surface area contributed by atoms with E-state index in [4.69, 9.17) is 4.74 Å². The summed E-state index contributed by atoms with van der Waals surface area (Å²) in [4.78, 5) is 14.5. The highest BCUT2D eigenvalue weighted by Crippen LogP contribution is 2.28. The predicted octanol–water partition coefficient (Wildman–Crippen LogP) is 4.42. The fraction of sp³-hybridized carbons (Fsp3) is 0.471. The molecule has 0 aliphatic heterocycles. The van der Waals surface area contributed by atoms with Crippen LogP contribution in [0.15, 0.2) is 35.3 Å². The third kappa shape index (κ3) is 4.10. The van der Waals surface area contributed by atoms with Crippen LogP contribution < -0.4 is 4.74 Å². The highest BCUT2D eigenvalue weighted by Gasteiger charge is 2.23. The van der Waals surface area contributed by atoms with Gasteiger partial charge in [0.15, 0.2) is 0 Å². The van der Waals surface area contributed by atoms with Crippen molar-refractivity contribution in [1.29, 1.82) is 0 Å². The molecule has 0 N–H and O–H groups in total. The minimum absolute atomic E-state index is 0.0814. The fourth-order valence-electron chi connectivity index (χ4n) is 2.74. The van der Waals surface area contributed by atoms with Crippen molar-refractivity contribution in [2.75, 3.05) is 13.7 Å². The van der Waals surface area contributed by atoms with Gasteiger partial charge in [-0.1, -0.05) is 31.9 Å². The van der Waals surface area contributed by atoms with E-state index < -0.39 is 0 Å². The molecule has 4 heteroatoms. The lowest BCUT2D eigenvalue weighted by atomic mass is 9.94. The molecule has 114 valence electrons. The number of halogens is 1. The molecule has 1 aliphatic carbocycles. The third-order valence-electron chi connectivity index (χ3n) is 3.98. The maximum absolute atomic E-state index is 12.6. The summed E-state index contributed by atoms with van der Waals surface area (Å²) in [6, 6.07) is 5.86. The van der Waals surface area contributed by atoms with Gasteiger partial charge < -0.3 is 9.64 Å². The Bertz CT molecular complexity index is 510. The molecule has 0 spiro atoms. The molecule has 21 heavy (non-hydrogen) atoms. The second-order valence-corrected chi connectivity index (χ2v) is 6.31. The minimum atomic E-state index is 0.0814. The largest absolute Gasteiger partial charge is 0.488 e. The Kier molecular flexibility index (Phi) is 5.85. The van der Waals surface area contributed by atoms with Crippen LogP contribution in [0.2, 0.25) is 0 Å². The number of nitrogens with zero attached hydrogens (tertiary/aromatic N) is 1. The predicted molar refractivity (Wildman–Crippen MR) is 88.8 cm³/mol. The van der Waals surface area contributed by atoms with Gasteiger partial charge in [-0.2, -0.15) is 0 Å². The van der Waals surface area contributed by atoms with Gasteiger partial charge in [0.1, 0.15) is 12.4 Å². The normalized spacial score (nSPS) is 15.5. The minimum Gasteiger partial charge on any atom is -0.488 e. The Morgan fingerprint density at radius 2 is 2.14 bits per heavy atom. The van der Waals surface area contributed by atoms with Crippen molar-refractivity contribution in [2.45, 2.75) is 38.1 Å². The van der Waals surface area contributed by atoms with Crippen LogP contribution in [0.25, 0.3) is 0 Å². The van der Waals surface area contributed by atoms with Crippen LogP contribution in [0.3, 0.4) is 0 Å². The maximum Gasteiger partial charge on any atom is 0.253 e. The zero-order valence-electron chi connectivity index (χ0n) is 12.5. The van der Waals surface area contributed by atoms with E-state index in [-0.39, 0.29) is 5.91 Å². The van der Waals surface area contributed by atoms with Crippen LogP contribution >= 0.6 is 15.9 Å². The molecule has 0 bridgehead atoms. The first-order valence-electron chi connectivity index (χ1n) is 7.44. The van der Waals surface area contributed by atoms with Crippen molar-refractivity contribution in [2.24, 2.45) is 0 Å². The molecule has 1 aliphatic rings. The molecule has 1 fully saturated rings. The molecule has 0 heterocycles. The number of amides is 1. The molecule has 1 saturated carbocycles. The Morgan fingerprint density at radius 1 is 1.43 bits per heavy atom. The highest BCUT2D eigenvalue weighted by molar-refractivity contribution is 9.10. The first kappa shape index (κ1) is 16.1. The number of hydrogen-bond acceptors (Lipinski definition) is 2.